The minimum atomic E-state index is -3.78. The molecule has 2 saturated heterocycles. The van der Waals surface area contributed by atoms with Gasteiger partial charge in [0.1, 0.15) is 16.9 Å². The monoisotopic (exact) mass is 688 g/mol. The number of aliphatic imine (C=N–C) groups is 1. The number of hydroxylamine groups is 3. The molecule has 4 N–H and O–H groups in total. The molecule has 1 spiro atoms. The first-order valence-corrected chi connectivity index (χ1v) is 17.6. The fourth-order valence-corrected chi connectivity index (χ4v) is 8.00. The van der Waals surface area contributed by atoms with Gasteiger partial charge in [-0.1, -0.05) is 24.6 Å². The number of nitrogens with one attached hydrogen (secondary N) is 3. The number of nitrogens with zero attached hydrogens (tertiary/aromatic N) is 3. The summed E-state index contributed by atoms with van der Waals surface area (Å²) in [5, 5.41) is 18.8. The maximum absolute atomic E-state index is 13.4. The second kappa shape index (κ2) is 13.7. The number of carbonyl (C=O) groups excluding carboxylic acids is 2. The number of halogens is 1. The molecule has 48 heavy (non-hydrogen) atoms. The van der Waals surface area contributed by atoms with E-state index in [9.17, 15) is 27.7 Å². The summed E-state index contributed by atoms with van der Waals surface area (Å²) in [6.07, 6.45) is 6.82. The maximum atomic E-state index is 13.4. The summed E-state index contributed by atoms with van der Waals surface area (Å²) in [5.74, 6) is -0.703. The van der Waals surface area contributed by atoms with Crippen molar-refractivity contribution in [3.05, 3.63) is 64.7 Å². The summed E-state index contributed by atoms with van der Waals surface area (Å²) in [6, 6.07) is 6.03. The second-order valence-corrected chi connectivity index (χ2v) is 15.8. The van der Waals surface area contributed by atoms with Crippen LogP contribution in [0, 0.1) is 11.8 Å². The van der Waals surface area contributed by atoms with E-state index in [0.29, 0.717) is 37.3 Å². The molecule has 0 saturated carbocycles. The maximum Gasteiger partial charge on any atom is 0.269 e. The van der Waals surface area contributed by atoms with Gasteiger partial charge in [0, 0.05) is 53.3 Å². The molecule has 1 aromatic carbocycles. The van der Waals surface area contributed by atoms with Crippen LogP contribution in [0.25, 0.3) is 0 Å². The lowest BCUT2D eigenvalue weighted by Gasteiger charge is -2.43. The zero-order chi connectivity index (χ0) is 34.9. The molecule has 0 bridgehead atoms. The smallest absolute Gasteiger partial charge is 0.269 e. The van der Waals surface area contributed by atoms with Crippen LogP contribution >= 0.6 is 0 Å². The molecule has 4 aliphatic rings. The SMILES string of the molecule is CC1=CC(NC2(C(=O)NO)CCN(OC(C)(C)C)CC2)=CC(C)C1/C=C/S(=O)(=O)N1CCC2(CC1)N=C(c1ccc(OF)cc1)NC2=O. The summed E-state index contributed by atoms with van der Waals surface area (Å²) >= 11 is 0. The Balaban J connectivity index is 1.21. The third kappa shape index (κ3) is 7.65. The molecule has 2 unspecified atom stereocenters. The van der Waals surface area contributed by atoms with Crippen molar-refractivity contribution < 1.29 is 37.5 Å². The van der Waals surface area contributed by atoms with E-state index in [-0.39, 0.29) is 55.0 Å². The van der Waals surface area contributed by atoms with Gasteiger partial charge in [-0.3, -0.25) is 29.6 Å². The van der Waals surface area contributed by atoms with Crippen LogP contribution in [0.15, 0.2) is 64.2 Å². The van der Waals surface area contributed by atoms with Gasteiger partial charge in [-0.25, -0.2) is 13.9 Å². The first-order chi connectivity index (χ1) is 22.6. The number of piperidine rings is 2. The van der Waals surface area contributed by atoms with Crippen molar-refractivity contribution in [3.63, 3.8) is 0 Å². The summed E-state index contributed by atoms with van der Waals surface area (Å²) in [7, 11) is -3.78. The molecular weight excluding hydrogens is 643 g/mol. The highest BCUT2D eigenvalue weighted by molar-refractivity contribution is 7.92. The average Bonchev–Trinajstić information content (AvgIpc) is 3.35. The number of hydrogen-bond acceptors (Lipinski definition) is 10. The quantitative estimate of drug-likeness (QED) is 0.226. The highest BCUT2D eigenvalue weighted by atomic mass is 32.2. The zero-order valence-electron chi connectivity index (χ0n) is 28.0. The molecule has 3 aliphatic heterocycles. The van der Waals surface area contributed by atoms with Gasteiger partial charge < -0.3 is 10.6 Å². The van der Waals surface area contributed by atoms with Gasteiger partial charge in [-0.05, 0) is 89.6 Å². The molecule has 0 aromatic heterocycles. The Kier molecular flexibility index (Phi) is 10.2. The normalized spacial score (nSPS) is 24.9. The van der Waals surface area contributed by atoms with Crippen LogP contribution in [0.1, 0.15) is 65.9 Å². The molecule has 262 valence electrons. The number of benzene rings is 1. The molecule has 13 nitrogen and oxygen atoms in total. The summed E-state index contributed by atoms with van der Waals surface area (Å²) in [4.78, 5) is 40.2. The first-order valence-electron chi connectivity index (χ1n) is 16.1. The molecule has 2 atom stereocenters. The summed E-state index contributed by atoms with van der Waals surface area (Å²) < 4.78 is 40.6. The van der Waals surface area contributed by atoms with E-state index < -0.39 is 27.0 Å². The van der Waals surface area contributed by atoms with Gasteiger partial charge in [-0.2, -0.15) is 9.37 Å². The Hall–Kier alpha value is -3.63. The second-order valence-electron chi connectivity index (χ2n) is 14.0. The van der Waals surface area contributed by atoms with Crippen LogP contribution in [0.2, 0.25) is 0 Å². The summed E-state index contributed by atoms with van der Waals surface area (Å²) in [6.45, 7) is 11.0. The number of carbonyl (C=O) groups is 2. The molecule has 3 heterocycles. The molecule has 1 aliphatic carbocycles. The van der Waals surface area contributed by atoms with Crippen LogP contribution in [0.3, 0.4) is 0 Å². The van der Waals surface area contributed by atoms with Crippen molar-refractivity contribution in [1.82, 2.24) is 25.5 Å². The van der Waals surface area contributed by atoms with E-state index in [0.717, 1.165) is 11.3 Å². The number of rotatable bonds is 9. The van der Waals surface area contributed by atoms with E-state index in [2.05, 4.69) is 20.6 Å². The number of sulfonamides is 1. The molecule has 2 amide bonds. The third-order valence-corrected chi connectivity index (χ3v) is 11.0. The standard InChI is InChI=1S/C33H45FN6O7S/c1-22-20-25(36-33(30(42)38-43)11-15-39(16-12-33)47-31(3,4)5)21-23(2)27(22)10-19-48(44,45)40-17-13-32(14-18-40)29(41)35-28(37-32)24-6-8-26(46-34)9-7-24/h6-10,19-22,27,36,43H,11-18H2,1-5H3,(H,38,42)(H,35,37,41)/b19-10+. The van der Waals surface area contributed by atoms with Crippen molar-refractivity contribution in [3.8, 4) is 5.75 Å². The predicted octanol–water partition coefficient (Wildman–Crippen LogP) is 3.26. The third-order valence-electron chi connectivity index (χ3n) is 9.38. The summed E-state index contributed by atoms with van der Waals surface area (Å²) in [5.41, 5.74) is 1.59. The van der Waals surface area contributed by atoms with Crippen LogP contribution < -0.4 is 21.1 Å². The average molecular weight is 689 g/mol. The van der Waals surface area contributed by atoms with E-state index in [4.69, 9.17) is 4.84 Å². The lowest BCUT2D eigenvalue weighted by molar-refractivity contribution is -0.240. The molecule has 5 rings (SSSR count). The van der Waals surface area contributed by atoms with E-state index in [1.807, 2.05) is 57.3 Å². The van der Waals surface area contributed by atoms with E-state index >= 15 is 0 Å². The van der Waals surface area contributed by atoms with Gasteiger partial charge in [0.25, 0.3) is 11.8 Å². The van der Waals surface area contributed by atoms with E-state index in [1.165, 1.54) is 21.8 Å². The Bertz CT molecular complexity index is 1620. The Morgan fingerprint density at radius 2 is 1.77 bits per heavy atom. The van der Waals surface area contributed by atoms with Gasteiger partial charge in [0.2, 0.25) is 10.0 Å². The first kappa shape index (κ1) is 35.7. The van der Waals surface area contributed by atoms with Crippen molar-refractivity contribution in [1.29, 1.82) is 0 Å². The minimum absolute atomic E-state index is 0.0329. The Morgan fingerprint density at radius 3 is 2.33 bits per heavy atom. The van der Waals surface area contributed by atoms with Crippen LogP contribution in [0.4, 0.5) is 4.53 Å². The van der Waals surface area contributed by atoms with Crippen molar-refractivity contribution in [2.24, 2.45) is 16.8 Å². The fourth-order valence-electron chi connectivity index (χ4n) is 6.77. The van der Waals surface area contributed by atoms with Crippen molar-refractivity contribution in [2.45, 2.75) is 77.0 Å². The lowest BCUT2D eigenvalue weighted by atomic mass is 9.81. The van der Waals surface area contributed by atoms with Crippen molar-refractivity contribution >= 4 is 27.7 Å². The number of allylic oxidation sites excluding steroid dienone is 4. The predicted molar refractivity (Wildman–Crippen MR) is 176 cm³/mol. The molecule has 2 fully saturated rings. The molecular formula is C33H45FN6O7S. The van der Waals surface area contributed by atoms with Crippen LogP contribution in [0.5, 0.6) is 5.75 Å². The fraction of sp³-hybridized carbons (Fsp3) is 0.545. The van der Waals surface area contributed by atoms with Crippen LogP contribution in [-0.4, -0.2) is 83.5 Å². The zero-order valence-corrected chi connectivity index (χ0v) is 28.8. The Labute approximate surface area is 280 Å². The highest BCUT2D eigenvalue weighted by Crippen LogP contribution is 2.35. The number of amides is 2. The highest BCUT2D eigenvalue weighted by Gasteiger charge is 2.47. The van der Waals surface area contributed by atoms with Gasteiger partial charge >= 0.3 is 0 Å². The number of hydrogen-bond donors (Lipinski definition) is 4. The van der Waals surface area contributed by atoms with Gasteiger partial charge in [-0.15, -0.1) is 0 Å². The molecule has 1 aromatic rings. The number of amidine groups is 1. The largest absolute Gasteiger partial charge is 0.371 e. The minimum Gasteiger partial charge on any atom is -0.371 e. The lowest BCUT2D eigenvalue weighted by Crippen LogP contribution is -2.61. The van der Waals surface area contributed by atoms with Crippen molar-refractivity contribution in [2.75, 3.05) is 26.2 Å². The molecule has 15 heteroatoms. The van der Waals surface area contributed by atoms with Crippen LogP contribution in [-0.2, 0) is 24.4 Å². The van der Waals surface area contributed by atoms with Gasteiger partial charge in [0.15, 0.2) is 5.75 Å². The molecule has 0 radical (unpaired) electrons. The van der Waals surface area contributed by atoms with E-state index in [1.54, 1.807) is 18.2 Å². The Morgan fingerprint density at radius 1 is 1.12 bits per heavy atom. The van der Waals surface area contributed by atoms with Gasteiger partial charge in [0.05, 0.1) is 5.60 Å². The topological polar surface area (TPSA) is 162 Å².